The van der Waals surface area contributed by atoms with Crippen molar-refractivity contribution >= 4 is 33.5 Å². The number of nitrogens with one attached hydrogen (secondary N) is 3. The highest BCUT2D eigenvalue weighted by Crippen LogP contribution is 2.42. The number of rotatable bonds is 15. The van der Waals surface area contributed by atoms with E-state index in [2.05, 4.69) is 20.7 Å². The fourth-order valence-electron chi connectivity index (χ4n) is 6.96. The molecule has 316 valence electrons. The van der Waals surface area contributed by atoms with Crippen molar-refractivity contribution in [3.05, 3.63) is 78.1 Å². The third kappa shape index (κ3) is 9.40. The van der Waals surface area contributed by atoms with Gasteiger partial charge < -0.3 is 30.9 Å². The smallest absolute Gasteiger partial charge is 0.411 e. The molecule has 2 amide bonds. The molecule has 15 nitrogen and oxygen atoms in total. The highest BCUT2D eigenvalue weighted by Gasteiger charge is 2.65. The summed E-state index contributed by atoms with van der Waals surface area (Å²) in [6, 6.07) is 16.3. The van der Waals surface area contributed by atoms with E-state index in [9.17, 15) is 40.4 Å². The van der Waals surface area contributed by atoms with Crippen LogP contribution in [0.3, 0.4) is 0 Å². The number of halogens is 4. The summed E-state index contributed by atoms with van der Waals surface area (Å²) in [6.07, 6.45) is 2.87. The van der Waals surface area contributed by atoms with Crippen molar-refractivity contribution in [3.63, 3.8) is 0 Å². The summed E-state index contributed by atoms with van der Waals surface area (Å²) in [5.74, 6) is -16.4. The lowest BCUT2D eigenvalue weighted by Gasteiger charge is -2.28. The first-order valence-electron chi connectivity index (χ1n) is 18.7. The monoisotopic (exact) mass is 845 g/mol. The first-order valence-corrected chi connectivity index (χ1v) is 20.2. The molecule has 1 atom stereocenters. The second kappa shape index (κ2) is 17.8. The second-order valence-corrected chi connectivity index (χ2v) is 16.2. The number of carbonyl (C=O) groups is 3. The number of carbonyl (C=O) groups excluding carboxylic acids is 2. The molecule has 0 bridgehead atoms. The third-order valence-electron chi connectivity index (χ3n) is 10.5. The van der Waals surface area contributed by atoms with Gasteiger partial charge in [0.1, 0.15) is 16.7 Å². The number of ether oxygens (including phenoxy) is 2. The number of hydrogen-bond acceptors (Lipinski definition) is 10. The number of benzene rings is 3. The van der Waals surface area contributed by atoms with Crippen LogP contribution in [0.15, 0.2) is 71.6 Å². The van der Waals surface area contributed by atoms with Crippen LogP contribution in [0, 0.1) is 11.8 Å². The summed E-state index contributed by atoms with van der Waals surface area (Å²) in [4.78, 5) is 41.5. The predicted octanol–water partition coefficient (Wildman–Crippen LogP) is 4.41. The Hall–Kier alpha value is -5.44. The Labute approximate surface area is 336 Å². The van der Waals surface area contributed by atoms with E-state index in [1.54, 1.807) is 47.6 Å². The number of H-pyrrole nitrogens is 1. The second-order valence-electron chi connectivity index (χ2n) is 14.3. The zero-order valence-corrected chi connectivity index (χ0v) is 32.6. The molecule has 1 saturated heterocycles. The molecule has 6 rings (SSSR count). The van der Waals surface area contributed by atoms with Crippen LogP contribution in [0.25, 0.3) is 22.5 Å². The molecule has 1 unspecified atom stereocenters. The van der Waals surface area contributed by atoms with E-state index < -0.39 is 51.4 Å². The molecule has 1 saturated carbocycles. The van der Waals surface area contributed by atoms with Gasteiger partial charge in [0.05, 0.1) is 20.3 Å². The zero-order valence-electron chi connectivity index (χ0n) is 31.8. The molecule has 6 N–H and O–H groups in total. The van der Waals surface area contributed by atoms with Gasteiger partial charge in [-0.1, -0.05) is 30.3 Å². The largest absolute Gasteiger partial charge is 0.495 e. The number of anilines is 1. The minimum absolute atomic E-state index is 0.0174. The Morgan fingerprint density at radius 3 is 2.20 bits per heavy atom. The maximum absolute atomic E-state index is 14.3. The van der Waals surface area contributed by atoms with E-state index in [0.717, 1.165) is 12.8 Å². The van der Waals surface area contributed by atoms with Crippen molar-refractivity contribution in [1.29, 1.82) is 0 Å². The molecule has 0 spiro atoms. The minimum atomic E-state index is -5.45. The normalized spacial score (nSPS) is 18.5. The number of aromatic amines is 1. The summed E-state index contributed by atoms with van der Waals surface area (Å²) < 4.78 is 95.1. The Kier molecular flexibility index (Phi) is 13.0. The number of nitrogens with zero attached hydrogens (tertiary/aromatic N) is 3. The summed E-state index contributed by atoms with van der Waals surface area (Å²) in [7, 11) is -2.49. The van der Waals surface area contributed by atoms with Crippen LogP contribution in [0.5, 0.6) is 5.75 Å². The van der Waals surface area contributed by atoms with Crippen LogP contribution >= 0.6 is 0 Å². The van der Waals surface area contributed by atoms with Gasteiger partial charge in [-0.05, 0) is 91.2 Å². The average Bonchev–Trinajstić information content (AvgIpc) is 3.75. The first kappa shape index (κ1) is 43.1. The number of methoxy groups -OCH3 is 1. The first-order chi connectivity index (χ1) is 28.0. The minimum Gasteiger partial charge on any atom is -0.495 e. The van der Waals surface area contributed by atoms with Gasteiger partial charge in [-0.2, -0.15) is 27.0 Å². The molecule has 4 aromatic rings. The number of aliphatic carboxylic acids is 1. The van der Waals surface area contributed by atoms with Crippen LogP contribution in [0.1, 0.15) is 37.1 Å². The quantitative estimate of drug-likeness (QED) is 0.106. The topological polar surface area (TPSA) is 219 Å². The number of alkyl halides is 4. The Morgan fingerprint density at radius 1 is 0.966 bits per heavy atom. The van der Waals surface area contributed by atoms with Crippen molar-refractivity contribution in [2.24, 2.45) is 17.6 Å². The van der Waals surface area contributed by atoms with Gasteiger partial charge in [-0.25, -0.2) is 18.2 Å². The van der Waals surface area contributed by atoms with Crippen LogP contribution in [0.4, 0.5) is 23.2 Å². The van der Waals surface area contributed by atoms with E-state index >= 15 is 0 Å². The lowest BCUT2D eigenvalue weighted by molar-refractivity contribution is -0.231. The highest BCUT2D eigenvalue weighted by molar-refractivity contribution is 7.89. The number of carboxylic acids is 1. The van der Waals surface area contributed by atoms with Crippen LogP contribution in [0.2, 0.25) is 0 Å². The SMILES string of the molecule is COc1ccc(-c2ccc(CC(NC(=O)C3CCC(CN)CC3)C(=O)Nc3ccc(-c4n[nH]c(C(F)(F)C(F)(F)C(=O)O)n4)cc3)cc2)cc1S(=O)(=O)N1CCOCC1. The van der Waals surface area contributed by atoms with Gasteiger partial charge >= 0.3 is 17.8 Å². The Balaban J connectivity index is 1.19. The number of hydrogen-bond donors (Lipinski definition) is 5. The molecule has 1 aliphatic heterocycles. The van der Waals surface area contributed by atoms with E-state index in [4.69, 9.17) is 20.3 Å². The fraction of sp³-hybridized carbons (Fsp3) is 0.410. The number of nitrogens with two attached hydrogens (primary N) is 1. The van der Waals surface area contributed by atoms with Gasteiger partial charge in [-0.15, -0.1) is 0 Å². The molecule has 2 heterocycles. The molecule has 3 aromatic carbocycles. The zero-order chi connectivity index (χ0) is 42.5. The van der Waals surface area contributed by atoms with E-state index in [1.165, 1.54) is 35.7 Å². The predicted molar refractivity (Wildman–Crippen MR) is 205 cm³/mol. The maximum Gasteiger partial charge on any atom is 0.411 e. The van der Waals surface area contributed by atoms with Crippen molar-refractivity contribution in [3.8, 4) is 28.3 Å². The van der Waals surface area contributed by atoms with Gasteiger partial charge in [-0.3, -0.25) is 14.7 Å². The maximum atomic E-state index is 14.3. The van der Waals surface area contributed by atoms with E-state index in [0.29, 0.717) is 42.0 Å². The van der Waals surface area contributed by atoms with Gasteiger partial charge in [0.15, 0.2) is 5.82 Å². The Morgan fingerprint density at radius 2 is 1.59 bits per heavy atom. The summed E-state index contributed by atoms with van der Waals surface area (Å²) in [5, 5.41) is 19.4. The molecule has 2 aliphatic rings. The van der Waals surface area contributed by atoms with Crippen LogP contribution in [-0.4, -0.2) is 103 Å². The van der Waals surface area contributed by atoms with Gasteiger partial charge in [0.25, 0.3) is 0 Å². The summed E-state index contributed by atoms with van der Waals surface area (Å²) >= 11 is 0. The number of carboxylic acid groups (broad SMARTS) is 1. The van der Waals surface area contributed by atoms with Crippen molar-refractivity contribution in [2.45, 2.75) is 54.9 Å². The molecule has 2 fully saturated rings. The van der Waals surface area contributed by atoms with E-state index in [1.807, 2.05) is 0 Å². The lowest BCUT2D eigenvalue weighted by Crippen LogP contribution is -2.48. The third-order valence-corrected chi connectivity index (χ3v) is 12.4. The molecular formula is C39H43F4N7O8S. The standard InChI is InChI=1S/C39H43F4N7O8S/c1-57-31-15-12-28(21-32(31)59(55,56)50-16-18-58-19-17-50)25-6-2-23(3-7-25)20-30(46-34(51)27-8-4-24(22-44)5-9-27)35(52)45-29-13-10-26(11-14-29)33-47-36(49-48-33)38(40,41)39(42,43)37(53)54/h2-3,6-7,10-15,21,24,27,30H,4-5,8-9,16-20,22,44H2,1H3,(H,45,52)(H,46,51)(H,53,54)(H,47,48,49). The average molecular weight is 846 g/mol. The molecule has 0 radical (unpaired) electrons. The Bertz CT molecular complexity index is 2250. The van der Waals surface area contributed by atoms with Crippen molar-refractivity contribution in [1.82, 2.24) is 24.8 Å². The van der Waals surface area contributed by atoms with Crippen molar-refractivity contribution < 1.29 is 54.9 Å². The highest BCUT2D eigenvalue weighted by atomic mass is 32.2. The molecule has 1 aromatic heterocycles. The molecule has 1 aliphatic carbocycles. The van der Waals surface area contributed by atoms with Crippen LogP contribution < -0.4 is 21.1 Å². The molecular weight excluding hydrogens is 803 g/mol. The summed E-state index contributed by atoms with van der Waals surface area (Å²) in [5.41, 5.74) is 8.12. The van der Waals surface area contributed by atoms with Gasteiger partial charge in [0.2, 0.25) is 27.7 Å². The van der Waals surface area contributed by atoms with Crippen LogP contribution in [-0.2, 0) is 41.5 Å². The molecule has 20 heteroatoms. The molecule has 59 heavy (non-hydrogen) atoms. The lowest BCUT2D eigenvalue weighted by atomic mass is 9.81. The van der Waals surface area contributed by atoms with E-state index in [-0.39, 0.29) is 66.4 Å². The number of amides is 2. The fourth-order valence-corrected chi connectivity index (χ4v) is 8.55. The van der Waals surface area contributed by atoms with Gasteiger partial charge in [0, 0.05) is 36.7 Å². The number of aromatic nitrogens is 3. The number of morpholine rings is 1. The van der Waals surface area contributed by atoms with Crippen molar-refractivity contribution in [2.75, 3.05) is 45.3 Å². The summed E-state index contributed by atoms with van der Waals surface area (Å²) in [6.45, 7) is 1.52. The number of sulfonamides is 1.